The van der Waals surface area contributed by atoms with Crippen molar-refractivity contribution in [2.75, 3.05) is 7.05 Å². The Morgan fingerprint density at radius 1 is 0.933 bits per heavy atom. The van der Waals surface area contributed by atoms with Gasteiger partial charge in [-0.1, -0.05) is 75.5 Å². The summed E-state index contributed by atoms with van der Waals surface area (Å²) in [5.41, 5.74) is -4.23. The molecule has 8 heteroatoms. The van der Waals surface area contributed by atoms with Crippen molar-refractivity contribution in [1.29, 1.82) is 0 Å². The molecule has 0 saturated heterocycles. The largest absolute Gasteiger partial charge is 0.454 e. The fraction of sp³-hybridized carbons (Fsp3) is 0.769. The van der Waals surface area contributed by atoms with Crippen molar-refractivity contribution in [3.8, 4) is 11.8 Å². The van der Waals surface area contributed by atoms with Gasteiger partial charge in [-0.3, -0.25) is 0 Å². The van der Waals surface area contributed by atoms with Crippen molar-refractivity contribution in [2.45, 2.75) is 170 Å². The van der Waals surface area contributed by atoms with Crippen LogP contribution < -0.4 is 5.32 Å². The first-order valence-corrected chi connectivity index (χ1v) is 24.4. The standard InChI is InChI=1S/C52H69NO7/c1-31(32-11-3-4-12-32)34-16-17-40-46(56)47(19-9-10-20-47)29-49(30-54)42-18-22-48-21-8-7-14-33-13-5-6-15-35(33)25-41(53-2)38-24-36(44(48)39-26-43(55)60-45(38)39)27-51(48,58)50(42,57)28-37(23-34)52(40,49)59/h5-6,13,15,26,30-32,34,36-38,40-42,44-46,53,56-59H,3-4,8-12,16-25,27-29H2,1-2H3/t31-,34+,36+,37+,38+,40-,41+,42+,44+,45+,46+,48+,49-,50-,51+,52-/m0/s1. The molecule has 12 rings (SSSR count). The summed E-state index contributed by atoms with van der Waals surface area (Å²) in [5.74, 6) is 6.31. The molecule has 60 heavy (non-hydrogen) atoms. The molecule has 5 N–H and O–H groups in total. The second kappa shape index (κ2) is 14.0. The number of aliphatic hydroxyl groups excluding tert-OH is 1. The number of carbonyl (C=O) groups is 2. The number of nitrogens with one attached hydrogen (secondary N) is 1. The predicted molar refractivity (Wildman–Crippen MR) is 227 cm³/mol. The lowest BCUT2D eigenvalue weighted by Crippen LogP contribution is -2.82. The van der Waals surface area contributed by atoms with Crippen LogP contribution >= 0.6 is 0 Å². The molecule has 1 aromatic carbocycles. The van der Waals surface area contributed by atoms with Gasteiger partial charge in [0.25, 0.3) is 0 Å². The van der Waals surface area contributed by atoms with Crippen molar-refractivity contribution in [3.63, 3.8) is 0 Å². The highest BCUT2D eigenvalue weighted by molar-refractivity contribution is 5.86. The van der Waals surface area contributed by atoms with Crippen LogP contribution in [0.2, 0.25) is 0 Å². The first-order chi connectivity index (χ1) is 28.9. The number of aldehydes is 1. The minimum absolute atomic E-state index is 0.0148. The summed E-state index contributed by atoms with van der Waals surface area (Å²) < 4.78 is 6.29. The molecule has 1 aromatic rings. The average molecular weight is 820 g/mol. The number of benzene rings is 1. The Balaban J connectivity index is 1.08. The number of fused-ring (bicyclic) bond motifs is 6. The maximum absolute atomic E-state index is 14.6. The van der Waals surface area contributed by atoms with Crippen LogP contribution in [-0.4, -0.2) is 74.8 Å². The molecule has 10 aliphatic carbocycles. The zero-order valence-electron chi connectivity index (χ0n) is 36.0. The van der Waals surface area contributed by atoms with Crippen molar-refractivity contribution < 1.29 is 34.8 Å². The highest BCUT2D eigenvalue weighted by Gasteiger charge is 2.84. The van der Waals surface area contributed by atoms with Crippen LogP contribution in [0.1, 0.15) is 140 Å². The van der Waals surface area contributed by atoms with Crippen LogP contribution in [0.5, 0.6) is 0 Å². The molecular weight excluding hydrogens is 751 g/mol. The van der Waals surface area contributed by atoms with Crippen molar-refractivity contribution in [3.05, 3.63) is 47.0 Å². The molecule has 0 aromatic heterocycles. The maximum Gasteiger partial charge on any atom is 0.331 e. The first kappa shape index (κ1) is 40.2. The summed E-state index contributed by atoms with van der Waals surface area (Å²) in [7, 11) is 1.99. The SMILES string of the molecule is CN[C@@H]1Cc2ccccc2C#CCC[C@]23CC[C@H]4[C@@](O)(C[C@H]5C[C@H]([C@@H](C)C6CCCC6)CC[C@H]6[C@@H](O)C7(CCCC7)C[C@@]4(C=O)[C@]56O)[C@@]2(O)C[C@H]2C[C@H]1[C@H]1OC(=O)C=C1[C@@H]23. The highest BCUT2D eigenvalue weighted by Crippen LogP contribution is 2.79. The molecule has 0 radical (unpaired) electrons. The maximum atomic E-state index is 14.6. The van der Waals surface area contributed by atoms with Crippen molar-refractivity contribution in [2.24, 2.45) is 69.5 Å². The topological polar surface area (TPSA) is 136 Å². The summed E-state index contributed by atoms with van der Waals surface area (Å²) in [6.45, 7) is 2.40. The van der Waals surface area contributed by atoms with E-state index >= 15 is 0 Å². The van der Waals surface area contributed by atoms with Gasteiger partial charge in [-0.2, -0.15) is 0 Å². The summed E-state index contributed by atoms with van der Waals surface area (Å²) in [6, 6.07) is 8.32. The lowest BCUT2D eigenvalue weighted by atomic mass is 9.33. The number of hydrogen-bond donors (Lipinski definition) is 5. The fourth-order valence-corrected chi connectivity index (χ4v) is 18.6. The molecule has 4 bridgehead atoms. The summed E-state index contributed by atoms with van der Waals surface area (Å²) in [6.07, 6.45) is 17.1. The first-order valence-electron chi connectivity index (χ1n) is 24.4. The van der Waals surface area contributed by atoms with Gasteiger partial charge in [0.15, 0.2) is 0 Å². The van der Waals surface area contributed by atoms with Gasteiger partial charge in [0.05, 0.1) is 22.7 Å². The molecular formula is C52H69NO7. The van der Waals surface area contributed by atoms with Gasteiger partial charge in [0.2, 0.25) is 0 Å². The van der Waals surface area contributed by atoms with E-state index in [-0.39, 0.29) is 36.2 Å². The molecule has 1 heterocycles. The molecule has 8 nitrogen and oxygen atoms in total. The quantitative estimate of drug-likeness (QED) is 0.127. The van der Waals surface area contributed by atoms with Gasteiger partial charge in [-0.15, -0.1) is 0 Å². The van der Waals surface area contributed by atoms with Crippen molar-refractivity contribution in [1.82, 2.24) is 5.32 Å². The predicted octanol–water partition coefficient (Wildman–Crippen LogP) is 6.83. The van der Waals surface area contributed by atoms with Crippen LogP contribution in [-0.2, 0) is 20.7 Å². The molecule has 324 valence electrons. The number of rotatable bonds is 4. The summed E-state index contributed by atoms with van der Waals surface area (Å²) in [5, 5.41) is 58.8. The smallest absolute Gasteiger partial charge is 0.331 e. The lowest BCUT2D eigenvalue weighted by molar-refractivity contribution is -0.354. The van der Waals surface area contributed by atoms with E-state index in [9.17, 15) is 30.0 Å². The van der Waals surface area contributed by atoms with Gasteiger partial charge >= 0.3 is 5.97 Å². The number of aliphatic hydroxyl groups is 4. The number of esters is 1. The number of likely N-dealkylation sites (N-methyl/N-ethyl adjacent to an activating group) is 1. The molecule has 0 unspecified atom stereocenters. The van der Waals surface area contributed by atoms with E-state index in [2.05, 4.69) is 42.3 Å². The van der Waals surface area contributed by atoms with E-state index in [1.165, 1.54) is 31.2 Å². The normalized spacial score (nSPS) is 49.2. The fourth-order valence-electron chi connectivity index (χ4n) is 18.6. The zero-order valence-corrected chi connectivity index (χ0v) is 36.0. The molecule has 1 aliphatic heterocycles. The Morgan fingerprint density at radius 2 is 1.72 bits per heavy atom. The van der Waals surface area contributed by atoms with Crippen LogP contribution in [0, 0.1) is 81.3 Å². The minimum atomic E-state index is -1.67. The van der Waals surface area contributed by atoms with E-state index in [1.807, 2.05) is 13.1 Å². The second-order valence-electron chi connectivity index (χ2n) is 22.6. The van der Waals surface area contributed by atoms with E-state index in [1.54, 1.807) is 6.08 Å². The Morgan fingerprint density at radius 3 is 2.48 bits per heavy atom. The number of hydrogen-bond acceptors (Lipinski definition) is 8. The lowest BCUT2D eigenvalue weighted by Gasteiger charge is -2.73. The monoisotopic (exact) mass is 820 g/mol. The van der Waals surface area contributed by atoms with E-state index < -0.39 is 63.0 Å². The Labute approximate surface area is 357 Å². The van der Waals surface area contributed by atoms with E-state index in [0.717, 1.165) is 62.4 Å². The van der Waals surface area contributed by atoms with Gasteiger partial charge in [0, 0.05) is 47.3 Å². The summed E-state index contributed by atoms with van der Waals surface area (Å²) >= 11 is 0. The van der Waals surface area contributed by atoms with E-state index in [0.29, 0.717) is 69.1 Å². The molecule has 8 saturated carbocycles. The van der Waals surface area contributed by atoms with Gasteiger partial charge in [-0.05, 0) is 149 Å². The van der Waals surface area contributed by atoms with Crippen LogP contribution in [0.4, 0.5) is 0 Å². The molecule has 8 fully saturated rings. The molecule has 16 atom stereocenters. The molecule has 11 aliphatic rings. The van der Waals surface area contributed by atoms with Crippen molar-refractivity contribution >= 4 is 12.3 Å². The molecule has 2 spiro atoms. The zero-order chi connectivity index (χ0) is 41.5. The van der Waals surface area contributed by atoms with Crippen LogP contribution in [0.15, 0.2) is 35.9 Å². The Hall–Kier alpha value is -2.54. The number of carbonyl (C=O) groups excluding carboxylic acids is 2. The van der Waals surface area contributed by atoms with E-state index in [4.69, 9.17) is 4.74 Å². The average Bonchev–Trinajstić information content (AvgIpc) is 4.04. The molecule has 0 amide bonds. The minimum Gasteiger partial charge on any atom is -0.454 e. The van der Waals surface area contributed by atoms with Gasteiger partial charge in [-0.25, -0.2) is 4.79 Å². The third-order valence-electron chi connectivity index (χ3n) is 21.0. The third kappa shape index (κ3) is 5.11. The number of ether oxygens (including phenoxy) is 1. The van der Waals surface area contributed by atoms with Crippen LogP contribution in [0.3, 0.4) is 0 Å². The van der Waals surface area contributed by atoms with Crippen LogP contribution in [0.25, 0.3) is 0 Å². The second-order valence-corrected chi connectivity index (χ2v) is 22.6. The Bertz CT molecular complexity index is 2010. The highest BCUT2D eigenvalue weighted by atomic mass is 16.5. The third-order valence-corrected chi connectivity index (χ3v) is 21.0. The van der Waals surface area contributed by atoms with Gasteiger partial charge < -0.3 is 35.3 Å². The summed E-state index contributed by atoms with van der Waals surface area (Å²) in [4.78, 5) is 28.1. The Kier molecular flexibility index (Phi) is 9.38. The van der Waals surface area contributed by atoms with Gasteiger partial charge in [0.1, 0.15) is 18.0 Å².